The maximum atomic E-state index is 13.4. The molecule has 0 saturated heterocycles. The van der Waals surface area contributed by atoms with Gasteiger partial charge in [-0.3, -0.25) is 0 Å². The molecule has 4 heteroatoms. The van der Waals surface area contributed by atoms with E-state index in [1.54, 1.807) is 0 Å². The molecular weight excluding hydrogens is 257 g/mol. The fraction of sp³-hybridized carbons (Fsp3) is 0.562. The Morgan fingerprint density at radius 3 is 2.75 bits per heavy atom. The molecule has 0 amide bonds. The van der Waals surface area contributed by atoms with Crippen molar-refractivity contribution in [2.45, 2.75) is 46.1 Å². The zero-order valence-corrected chi connectivity index (χ0v) is 12.3. The Morgan fingerprint density at radius 1 is 1.40 bits per heavy atom. The second kappa shape index (κ2) is 5.43. The van der Waals surface area contributed by atoms with E-state index < -0.39 is 11.8 Å². The van der Waals surface area contributed by atoms with Gasteiger partial charge in [0, 0.05) is 0 Å². The lowest BCUT2D eigenvalue weighted by Crippen LogP contribution is -2.34. The Hall–Kier alpha value is -1.58. The number of halogens is 1. The van der Waals surface area contributed by atoms with Crippen molar-refractivity contribution in [3.8, 4) is 0 Å². The summed E-state index contributed by atoms with van der Waals surface area (Å²) >= 11 is 0. The van der Waals surface area contributed by atoms with Gasteiger partial charge in [0.05, 0.1) is 11.3 Å². The van der Waals surface area contributed by atoms with Crippen LogP contribution in [0.15, 0.2) is 18.2 Å². The van der Waals surface area contributed by atoms with E-state index in [0.29, 0.717) is 5.92 Å². The van der Waals surface area contributed by atoms with Crippen molar-refractivity contribution in [2.24, 2.45) is 11.3 Å². The van der Waals surface area contributed by atoms with Gasteiger partial charge in [0.25, 0.3) is 0 Å². The highest BCUT2D eigenvalue weighted by atomic mass is 19.1. The third kappa shape index (κ3) is 3.30. The quantitative estimate of drug-likeness (QED) is 0.662. The van der Waals surface area contributed by atoms with Crippen molar-refractivity contribution in [3.05, 3.63) is 29.6 Å². The first-order valence-corrected chi connectivity index (χ1v) is 7.03. The van der Waals surface area contributed by atoms with E-state index in [4.69, 9.17) is 10.5 Å². The average Bonchev–Trinajstić information content (AvgIpc) is 2.29. The summed E-state index contributed by atoms with van der Waals surface area (Å²) in [5, 5.41) is 0. The first-order valence-electron chi connectivity index (χ1n) is 7.03. The maximum Gasteiger partial charge on any atom is 0.340 e. The Balaban J connectivity index is 2.10. The standard InChI is InChI=1S/C16H22FNO2/c1-10-7-11(9-16(2,3)8-10)20-15(19)12-5-4-6-13(17)14(12)18/h4-6,10-11H,7-9,18H2,1-3H3. The fourth-order valence-electron chi connectivity index (χ4n) is 3.28. The number of carbonyl (C=O) groups is 1. The second-order valence-corrected chi connectivity index (χ2v) is 6.64. The molecule has 1 aromatic carbocycles. The number of esters is 1. The minimum atomic E-state index is -0.586. The van der Waals surface area contributed by atoms with Crippen molar-refractivity contribution < 1.29 is 13.9 Å². The number of ether oxygens (including phenoxy) is 1. The van der Waals surface area contributed by atoms with Gasteiger partial charge in [-0.15, -0.1) is 0 Å². The zero-order chi connectivity index (χ0) is 14.9. The van der Waals surface area contributed by atoms with Crippen LogP contribution in [0.25, 0.3) is 0 Å². The van der Waals surface area contributed by atoms with Crippen LogP contribution in [-0.4, -0.2) is 12.1 Å². The van der Waals surface area contributed by atoms with Crippen LogP contribution in [0.3, 0.4) is 0 Å². The molecule has 0 bridgehead atoms. The molecule has 1 aliphatic rings. The topological polar surface area (TPSA) is 52.3 Å². The second-order valence-electron chi connectivity index (χ2n) is 6.64. The maximum absolute atomic E-state index is 13.4. The van der Waals surface area contributed by atoms with Gasteiger partial charge in [0.2, 0.25) is 0 Å². The Bertz CT molecular complexity index is 513. The zero-order valence-electron chi connectivity index (χ0n) is 12.3. The number of nitrogens with two attached hydrogens (primary N) is 1. The molecule has 2 atom stereocenters. The van der Waals surface area contributed by atoms with Crippen molar-refractivity contribution in [1.29, 1.82) is 0 Å². The van der Waals surface area contributed by atoms with E-state index in [-0.39, 0.29) is 22.8 Å². The number of para-hydroxylation sites is 1. The molecule has 1 aromatic rings. The Labute approximate surface area is 119 Å². The average molecular weight is 279 g/mol. The molecule has 3 nitrogen and oxygen atoms in total. The third-order valence-electron chi connectivity index (χ3n) is 3.89. The molecular formula is C16H22FNO2. The number of carbonyl (C=O) groups excluding carboxylic acids is 1. The first kappa shape index (κ1) is 14.8. The monoisotopic (exact) mass is 279 g/mol. The van der Waals surface area contributed by atoms with Crippen molar-refractivity contribution in [1.82, 2.24) is 0 Å². The molecule has 2 unspecified atom stereocenters. The molecule has 2 N–H and O–H groups in total. The molecule has 0 aliphatic heterocycles. The van der Waals surface area contributed by atoms with E-state index in [1.165, 1.54) is 18.2 Å². The summed E-state index contributed by atoms with van der Waals surface area (Å²) in [6.07, 6.45) is 2.69. The number of anilines is 1. The minimum absolute atomic E-state index is 0.112. The van der Waals surface area contributed by atoms with Crippen LogP contribution in [0.2, 0.25) is 0 Å². The lowest BCUT2D eigenvalue weighted by molar-refractivity contribution is -0.00707. The molecule has 0 heterocycles. The van der Waals surface area contributed by atoms with Crippen molar-refractivity contribution in [3.63, 3.8) is 0 Å². The molecule has 1 saturated carbocycles. The molecule has 2 rings (SSSR count). The van der Waals surface area contributed by atoms with Crippen LogP contribution >= 0.6 is 0 Å². The fourth-order valence-corrected chi connectivity index (χ4v) is 3.28. The summed E-state index contributed by atoms with van der Waals surface area (Å²) in [6, 6.07) is 4.20. The highest BCUT2D eigenvalue weighted by molar-refractivity contribution is 5.95. The van der Waals surface area contributed by atoms with Gasteiger partial charge in [0.15, 0.2) is 0 Å². The molecule has 0 aromatic heterocycles. The van der Waals surface area contributed by atoms with Crippen LogP contribution in [0.1, 0.15) is 50.4 Å². The van der Waals surface area contributed by atoms with Crippen LogP contribution in [0.4, 0.5) is 10.1 Å². The van der Waals surface area contributed by atoms with Crippen molar-refractivity contribution in [2.75, 3.05) is 5.73 Å². The minimum Gasteiger partial charge on any atom is -0.459 e. The molecule has 110 valence electrons. The molecule has 1 aliphatic carbocycles. The van der Waals surface area contributed by atoms with Gasteiger partial charge >= 0.3 is 5.97 Å². The van der Waals surface area contributed by atoms with Gasteiger partial charge in [-0.2, -0.15) is 0 Å². The molecule has 1 fully saturated rings. The lowest BCUT2D eigenvalue weighted by atomic mass is 9.71. The van der Waals surface area contributed by atoms with E-state index in [2.05, 4.69) is 20.8 Å². The molecule has 0 radical (unpaired) electrons. The number of hydrogen-bond donors (Lipinski definition) is 1. The number of benzene rings is 1. The first-order chi connectivity index (χ1) is 9.28. The highest BCUT2D eigenvalue weighted by Crippen LogP contribution is 2.40. The van der Waals surface area contributed by atoms with E-state index >= 15 is 0 Å². The largest absolute Gasteiger partial charge is 0.459 e. The summed E-state index contributed by atoms with van der Waals surface area (Å²) in [7, 11) is 0. The van der Waals surface area contributed by atoms with E-state index in [0.717, 1.165) is 19.3 Å². The lowest BCUT2D eigenvalue weighted by Gasteiger charge is -2.38. The summed E-state index contributed by atoms with van der Waals surface area (Å²) in [4.78, 5) is 12.1. The van der Waals surface area contributed by atoms with Gasteiger partial charge in [-0.05, 0) is 42.7 Å². The summed E-state index contributed by atoms with van der Waals surface area (Å²) in [5.74, 6) is -0.602. The number of hydrogen-bond acceptors (Lipinski definition) is 3. The third-order valence-corrected chi connectivity index (χ3v) is 3.89. The van der Waals surface area contributed by atoms with Gasteiger partial charge in [-0.25, -0.2) is 9.18 Å². The summed E-state index contributed by atoms with van der Waals surface area (Å²) < 4.78 is 18.9. The van der Waals surface area contributed by atoms with Gasteiger partial charge < -0.3 is 10.5 Å². The number of rotatable bonds is 2. The smallest absolute Gasteiger partial charge is 0.340 e. The van der Waals surface area contributed by atoms with Crippen LogP contribution in [0.5, 0.6) is 0 Å². The van der Waals surface area contributed by atoms with Crippen LogP contribution in [-0.2, 0) is 4.74 Å². The van der Waals surface area contributed by atoms with Crippen molar-refractivity contribution >= 4 is 11.7 Å². The van der Waals surface area contributed by atoms with Gasteiger partial charge in [0.1, 0.15) is 11.9 Å². The normalized spacial score (nSPS) is 25.2. The SMILES string of the molecule is CC1CC(OC(=O)c2cccc(F)c2N)CC(C)(C)C1. The van der Waals surface area contributed by atoms with Gasteiger partial charge in [-0.1, -0.05) is 26.8 Å². The highest BCUT2D eigenvalue weighted by Gasteiger charge is 2.34. The van der Waals surface area contributed by atoms with Crippen LogP contribution < -0.4 is 5.73 Å². The predicted octanol–water partition coefficient (Wildman–Crippen LogP) is 3.78. The molecule has 20 heavy (non-hydrogen) atoms. The summed E-state index contributed by atoms with van der Waals surface area (Å²) in [5.41, 5.74) is 5.73. The summed E-state index contributed by atoms with van der Waals surface area (Å²) in [6.45, 7) is 6.53. The molecule has 0 spiro atoms. The van der Waals surface area contributed by atoms with Crippen LogP contribution in [0, 0.1) is 17.2 Å². The Kier molecular flexibility index (Phi) is 4.02. The van der Waals surface area contributed by atoms with E-state index in [9.17, 15) is 9.18 Å². The Morgan fingerprint density at radius 2 is 2.10 bits per heavy atom. The number of nitrogen functional groups attached to an aromatic ring is 1. The predicted molar refractivity (Wildman–Crippen MR) is 76.8 cm³/mol. The van der Waals surface area contributed by atoms with E-state index in [1.807, 2.05) is 0 Å².